The monoisotopic (exact) mass is 1200 g/mol. The number of anilines is 6. The molecule has 16 aromatic rings. The number of hydrogen-bond donors (Lipinski definition) is 0. The molecule has 0 aliphatic carbocycles. The Kier molecular flexibility index (Phi) is 11.4. The summed E-state index contributed by atoms with van der Waals surface area (Å²) in [6, 6.07) is 108. The van der Waals surface area contributed by atoms with Crippen molar-refractivity contribution in [3.05, 3.63) is 364 Å². The van der Waals surface area contributed by atoms with Crippen LogP contribution in [-0.2, 0) is 0 Å². The van der Waals surface area contributed by atoms with E-state index in [-0.39, 0.29) is 21.8 Å². The van der Waals surface area contributed by atoms with E-state index in [1.54, 1.807) is 4.57 Å². The molecular formula is C90H60BN3. The van der Waals surface area contributed by atoms with E-state index in [0.717, 1.165) is 140 Å². The maximum Gasteiger partial charge on any atom is 0.252 e. The minimum Gasteiger partial charge on any atom is -0.310 e. The van der Waals surface area contributed by atoms with Gasteiger partial charge in [0.15, 0.2) is 0 Å². The van der Waals surface area contributed by atoms with Gasteiger partial charge < -0.3 is 14.4 Å². The minimum atomic E-state index is -0.519. The second-order valence-corrected chi connectivity index (χ2v) is 24.1. The van der Waals surface area contributed by atoms with Gasteiger partial charge in [0.2, 0.25) is 0 Å². The van der Waals surface area contributed by atoms with Crippen molar-refractivity contribution < 1.29 is 11.0 Å². The Morgan fingerprint density at radius 3 is 0.851 bits per heavy atom. The highest BCUT2D eigenvalue weighted by Gasteiger charge is 2.46. The lowest BCUT2D eigenvalue weighted by Gasteiger charge is -2.46. The lowest BCUT2D eigenvalue weighted by Crippen LogP contribution is -2.61. The largest absolute Gasteiger partial charge is 0.310 e. The number of aromatic nitrogens is 1. The maximum atomic E-state index is 10.1. The van der Waals surface area contributed by atoms with Crippen molar-refractivity contribution in [2.45, 2.75) is 0 Å². The van der Waals surface area contributed by atoms with Gasteiger partial charge in [-0.1, -0.05) is 303 Å². The molecule has 0 saturated carbocycles. The van der Waals surface area contributed by atoms with Gasteiger partial charge >= 0.3 is 0 Å². The maximum absolute atomic E-state index is 10.1. The van der Waals surface area contributed by atoms with Crippen LogP contribution in [0.2, 0.25) is 0 Å². The molecule has 0 atom stereocenters. The quantitative estimate of drug-likeness (QED) is 0.120. The normalized spacial score (nSPS) is 13.4. The summed E-state index contributed by atoms with van der Waals surface area (Å²) in [4.78, 5) is 4.83. The van der Waals surface area contributed by atoms with Crippen LogP contribution in [0.5, 0.6) is 0 Å². The van der Waals surface area contributed by atoms with Crippen molar-refractivity contribution in [1.82, 2.24) is 4.57 Å². The van der Waals surface area contributed by atoms with Crippen molar-refractivity contribution in [2.75, 3.05) is 9.80 Å². The third-order valence-electron chi connectivity index (χ3n) is 18.8. The van der Waals surface area contributed by atoms with E-state index in [4.69, 9.17) is 0 Å². The van der Waals surface area contributed by atoms with E-state index < -0.39 is 55.1 Å². The van der Waals surface area contributed by atoms with Crippen molar-refractivity contribution in [3.63, 3.8) is 0 Å². The first-order valence-corrected chi connectivity index (χ1v) is 31.9. The number of hydrogen-bond acceptors (Lipinski definition) is 2. The second kappa shape index (κ2) is 22.9. The predicted octanol–water partition coefficient (Wildman–Crippen LogP) is 22.2. The summed E-state index contributed by atoms with van der Waals surface area (Å²) in [5, 5.41) is -0.0241. The molecule has 1 aromatic heterocycles. The molecule has 3 nitrogen and oxygen atoms in total. The van der Waals surface area contributed by atoms with Gasteiger partial charge in [-0.2, -0.15) is 0 Å². The molecular weight excluding hydrogens is 1130 g/mol. The van der Waals surface area contributed by atoms with Gasteiger partial charge in [-0.15, -0.1) is 0 Å². The highest BCUT2D eigenvalue weighted by molar-refractivity contribution is 7.00. The molecule has 15 aromatic carbocycles. The van der Waals surface area contributed by atoms with Gasteiger partial charge in [0.1, 0.15) is 0 Å². The zero-order valence-electron chi connectivity index (χ0n) is 58.9. The van der Waals surface area contributed by atoms with Crippen LogP contribution in [0, 0.1) is 0 Å². The van der Waals surface area contributed by atoms with Gasteiger partial charge in [-0.05, 0) is 144 Å². The summed E-state index contributed by atoms with van der Waals surface area (Å²) >= 11 is 0. The average molecular weight is 1200 g/mol. The Labute approximate surface area is 560 Å². The molecule has 0 bridgehead atoms. The van der Waals surface area contributed by atoms with Gasteiger partial charge in [0.25, 0.3) is 6.71 Å². The lowest BCUT2D eigenvalue weighted by molar-refractivity contribution is 1.16. The molecule has 2 aliphatic heterocycles. The van der Waals surface area contributed by atoms with Crippen LogP contribution in [0.25, 0.3) is 117 Å². The Bertz CT molecular complexity index is 5540. The first-order valence-electron chi connectivity index (χ1n) is 35.9. The van der Waals surface area contributed by atoms with Crippen LogP contribution in [0.4, 0.5) is 34.1 Å². The molecule has 0 saturated heterocycles. The number of nitrogens with zero attached hydrogens (tertiary/aromatic N) is 3. The van der Waals surface area contributed by atoms with Crippen molar-refractivity contribution in [3.8, 4) is 94.7 Å². The molecule has 2 aliphatic rings. The molecule has 0 radical (unpaired) electrons. The van der Waals surface area contributed by atoms with Crippen LogP contribution < -0.4 is 26.2 Å². The van der Waals surface area contributed by atoms with Crippen molar-refractivity contribution in [2.24, 2.45) is 0 Å². The van der Waals surface area contributed by atoms with E-state index in [0.29, 0.717) is 5.69 Å². The van der Waals surface area contributed by atoms with Gasteiger partial charge in [0.05, 0.1) is 39.1 Å². The first kappa shape index (κ1) is 46.8. The SMILES string of the molecule is [2H]c1c([2H])c([2H])c2c(c1[2H])c1c([2H])c([2H])c([2H])c([2H])c1n2-c1cc2c3c(c1)N(c1c(-c4ccccc4)cc(-c4ccccc4)cc1-c1ccccc1)c1ccc(-c4ccccc4)cc1B3c1cc(-c3ccccc3)ccc1N2c1c(-c2ccccc2)cc(-c2ccccc2)cc1-c1ccccc1. The standard InChI is InChI=1S/C90H60BN3/c1-9-29-61(30-10-1)69-49-51-84-80(57-69)91-81-58-70(62-31-11-2-12-32-62)50-52-85(81)94(90-78(67-41-21-7-22-42-67)55-72(64-35-15-4-16-36-64)56-79(90)68-43-23-8-24-44-68)87-60-73(92-82-47-27-25-45-74(82)75-46-26-28-48-83(75)92)59-86(88(87)91)93(84)89-76(65-37-17-5-18-38-65)53-71(63-33-13-3-14-34-63)54-77(89)66-39-19-6-20-40-66/h1-60H/i25D,26D,27D,28D,45D,46D,47D,48D. The highest BCUT2D eigenvalue weighted by Crippen LogP contribution is 2.55. The van der Waals surface area contributed by atoms with E-state index in [1.165, 1.54) is 0 Å². The summed E-state index contributed by atoms with van der Waals surface area (Å²) in [6.07, 6.45) is 0. The van der Waals surface area contributed by atoms with Gasteiger partial charge in [-0.3, -0.25) is 0 Å². The molecule has 3 heterocycles. The van der Waals surface area contributed by atoms with Crippen LogP contribution in [0.3, 0.4) is 0 Å². The van der Waals surface area contributed by atoms with Crippen LogP contribution in [0.1, 0.15) is 11.0 Å². The summed E-state index contributed by atoms with van der Waals surface area (Å²) < 4.78 is 78.7. The molecule has 0 unspecified atom stereocenters. The number of rotatable bonds is 11. The third-order valence-corrected chi connectivity index (χ3v) is 18.8. The van der Waals surface area contributed by atoms with E-state index in [2.05, 4.69) is 277 Å². The molecule has 438 valence electrons. The lowest BCUT2D eigenvalue weighted by atomic mass is 9.33. The summed E-state index contributed by atoms with van der Waals surface area (Å²) in [6.45, 7) is -0.519. The summed E-state index contributed by atoms with van der Waals surface area (Å²) in [5.41, 5.74) is 24.2. The molecule has 4 heteroatoms. The van der Waals surface area contributed by atoms with Crippen molar-refractivity contribution >= 4 is 79.0 Å². The molecule has 18 rings (SSSR count). The smallest absolute Gasteiger partial charge is 0.252 e. The Hall–Kier alpha value is -12.2. The Morgan fingerprint density at radius 2 is 0.532 bits per heavy atom. The number of fused-ring (bicyclic) bond motifs is 7. The number of benzene rings is 15. The highest BCUT2D eigenvalue weighted by atomic mass is 15.2. The fourth-order valence-corrected chi connectivity index (χ4v) is 14.6. The summed E-state index contributed by atoms with van der Waals surface area (Å²) in [5.74, 6) is 0. The molecule has 0 amide bonds. The topological polar surface area (TPSA) is 11.4 Å². The fourth-order valence-electron chi connectivity index (χ4n) is 14.6. The first-order chi connectivity index (χ1) is 50.0. The Morgan fingerprint density at radius 1 is 0.245 bits per heavy atom. The fraction of sp³-hybridized carbons (Fsp3) is 0. The molecule has 0 spiro atoms. The molecule has 94 heavy (non-hydrogen) atoms. The molecule has 0 fully saturated rings. The van der Waals surface area contributed by atoms with E-state index in [1.807, 2.05) is 48.5 Å². The average Bonchev–Trinajstić information content (AvgIpc) is 0.986. The number of para-hydroxylation sites is 2. The van der Waals surface area contributed by atoms with E-state index in [9.17, 15) is 11.0 Å². The molecule has 0 N–H and O–H groups in total. The summed E-state index contributed by atoms with van der Waals surface area (Å²) in [7, 11) is 0. The van der Waals surface area contributed by atoms with E-state index >= 15 is 0 Å². The second-order valence-electron chi connectivity index (χ2n) is 24.1. The van der Waals surface area contributed by atoms with Crippen LogP contribution in [0.15, 0.2) is 364 Å². The van der Waals surface area contributed by atoms with Gasteiger partial charge in [0, 0.05) is 55.8 Å². The predicted molar refractivity (Wildman–Crippen MR) is 398 cm³/mol. The third kappa shape index (κ3) is 9.21. The zero-order valence-corrected chi connectivity index (χ0v) is 50.9. The van der Waals surface area contributed by atoms with Crippen molar-refractivity contribution in [1.29, 1.82) is 0 Å². The van der Waals surface area contributed by atoms with Gasteiger partial charge in [-0.25, -0.2) is 0 Å². The minimum absolute atomic E-state index is 0.0121. The zero-order chi connectivity index (χ0) is 69.0. The Balaban J connectivity index is 1.09. The van der Waals surface area contributed by atoms with Crippen LogP contribution >= 0.6 is 0 Å². The van der Waals surface area contributed by atoms with Crippen LogP contribution in [-0.4, -0.2) is 11.3 Å².